The summed E-state index contributed by atoms with van der Waals surface area (Å²) >= 11 is 0. The van der Waals surface area contributed by atoms with Gasteiger partial charge in [-0.15, -0.1) is 0 Å². The standard InChI is InChI=1S/C12H18/c1-3-7-11(8-4-1)12-9-5-2-6-10-12/h3,5,7,9,11-12H,1-2,4,6,8,10H2. The summed E-state index contributed by atoms with van der Waals surface area (Å²) in [4.78, 5) is 0. The molecule has 12 heavy (non-hydrogen) atoms. The van der Waals surface area contributed by atoms with Crippen LogP contribution in [0.25, 0.3) is 0 Å². The average Bonchev–Trinajstić information content (AvgIpc) is 2.21. The minimum absolute atomic E-state index is 0.871. The summed E-state index contributed by atoms with van der Waals surface area (Å²) in [7, 11) is 0. The van der Waals surface area contributed by atoms with Gasteiger partial charge in [-0.2, -0.15) is 0 Å². The van der Waals surface area contributed by atoms with Gasteiger partial charge >= 0.3 is 0 Å². The van der Waals surface area contributed by atoms with E-state index < -0.39 is 0 Å². The Labute approximate surface area is 75.4 Å². The van der Waals surface area contributed by atoms with Gasteiger partial charge in [0.2, 0.25) is 0 Å². The molecule has 2 atom stereocenters. The summed E-state index contributed by atoms with van der Waals surface area (Å²) < 4.78 is 0. The quantitative estimate of drug-likeness (QED) is 0.516. The zero-order valence-corrected chi connectivity index (χ0v) is 7.71. The van der Waals surface area contributed by atoms with Crippen LogP contribution in [0.5, 0.6) is 0 Å². The van der Waals surface area contributed by atoms with Gasteiger partial charge in [0.15, 0.2) is 0 Å². The van der Waals surface area contributed by atoms with Crippen molar-refractivity contribution in [3.8, 4) is 0 Å². The first kappa shape index (κ1) is 8.10. The van der Waals surface area contributed by atoms with Gasteiger partial charge in [0.25, 0.3) is 0 Å². The van der Waals surface area contributed by atoms with E-state index in [0.717, 1.165) is 11.8 Å². The summed E-state index contributed by atoms with van der Waals surface area (Å²) in [6.07, 6.45) is 17.9. The zero-order valence-electron chi connectivity index (χ0n) is 7.71. The number of allylic oxidation sites excluding steroid dienone is 4. The summed E-state index contributed by atoms with van der Waals surface area (Å²) in [5.74, 6) is 1.74. The second-order valence-electron chi connectivity index (χ2n) is 4.05. The molecule has 2 unspecified atom stereocenters. The van der Waals surface area contributed by atoms with Crippen molar-refractivity contribution in [1.29, 1.82) is 0 Å². The fraction of sp³-hybridized carbons (Fsp3) is 0.667. The topological polar surface area (TPSA) is 0 Å². The molecule has 2 rings (SSSR count). The van der Waals surface area contributed by atoms with Crippen LogP contribution in [0.3, 0.4) is 0 Å². The molecule has 0 saturated carbocycles. The van der Waals surface area contributed by atoms with Crippen molar-refractivity contribution in [2.45, 2.75) is 38.5 Å². The first-order valence-electron chi connectivity index (χ1n) is 5.30. The monoisotopic (exact) mass is 162 g/mol. The average molecular weight is 162 g/mol. The SMILES string of the molecule is C1=CC(C2C=CCCC2)CCC1. The first-order chi connectivity index (χ1) is 5.97. The van der Waals surface area contributed by atoms with E-state index in [1.807, 2.05) is 0 Å². The smallest absolute Gasteiger partial charge is 0.0170 e. The molecule has 0 N–H and O–H groups in total. The Hall–Kier alpha value is -0.520. The zero-order chi connectivity index (χ0) is 8.23. The molecule has 0 heterocycles. The van der Waals surface area contributed by atoms with Crippen LogP contribution in [0.4, 0.5) is 0 Å². The second kappa shape index (κ2) is 3.93. The lowest BCUT2D eigenvalue weighted by atomic mass is 9.79. The maximum absolute atomic E-state index is 2.45. The fourth-order valence-corrected chi connectivity index (χ4v) is 2.39. The Morgan fingerprint density at radius 2 is 1.25 bits per heavy atom. The number of hydrogen-bond acceptors (Lipinski definition) is 0. The predicted octanol–water partition coefficient (Wildman–Crippen LogP) is 3.70. The van der Waals surface area contributed by atoms with Crippen molar-refractivity contribution in [1.82, 2.24) is 0 Å². The molecule has 2 aliphatic carbocycles. The Kier molecular flexibility index (Phi) is 2.65. The minimum atomic E-state index is 0.871. The van der Waals surface area contributed by atoms with Gasteiger partial charge in [-0.1, -0.05) is 24.3 Å². The molecule has 0 nitrogen and oxygen atoms in total. The van der Waals surface area contributed by atoms with Crippen molar-refractivity contribution < 1.29 is 0 Å². The van der Waals surface area contributed by atoms with Crippen LogP contribution in [0, 0.1) is 11.8 Å². The van der Waals surface area contributed by atoms with Gasteiger partial charge in [-0.3, -0.25) is 0 Å². The number of hydrogen-bond donors (Lipinski definition) is 0. The van der Waals surface area contributed by atoms with Gasteiger partial charge in [0, 0.05) is 0 Å². The van der Waals surface area contributed by atoms with Crippen LogP contribution in [0.15, 0.2) is 24.3 Å². The van der Waals surface area contributed by atoms with Gasteiger partial charge in [0.1, 0.15) is 0 Å². The Balaban J connectivity index is 1.97. The van der Waals surface area contributed by atoms with Gasteiger partial charge in [-0.25, -0.2) is 0 Å². The van der Waals surface area contributed by atoms with Crippen LogP contribution >= 0.6 is 0 Å². The first-order valence-corrected chi connectivity index (χ1v) is 5.30. The van der Waals surface area contributed by atoms with Gasteiger partial charge in [0.05, 0.1) is 0 Å². The molecule has 2 aliphatic rings. The molecule has 0 aliphatic heterocycles. The van der Waals surface area contributed by atoms with E-state index >= 15 is 0 Å². The van der Waals surface area contributed by atoms with E-state index in [-0.39, 0.29) is 0 Å². The van der Waals surface area contributed by atoms with Crippen LogP contribution in [-0.4, -0.2) is 0 Å². The van der Waals surface area contributed by atoms with Gasteiger partial charge < -0.3 is 0 Å². The van der Waals surface area contributed by atoms with Crippen LogP contribution in [0.1, 0.15) is 38.5 Å². The summed E-state index contributed by atoms with van der Waals surface area (Å²) in [5.41, 5.74) is 0. The van der Waals surface area contributed by atoms with Crippen molar-refractivity contribution in [3.05, 3.63) is 24.3 Å². The molecular weight excluding hydrogens is 144 g/mol. The minimum Gasteiger partial charge on any atom is -0.0882 e. The maximum atomic E-state index is 2.45. The third kappa shape index (κ3) is 1.80. The highest BCUT2D eigenvalue weighted by molar-refractivity contribution is 5.03. The molecule has 0 amide bonds. The lowest BCUT2D eigenvalue weighted by molar-refractivity contribution is 0.382. The van der Waals surface area contributed by atoms with Crippen molar-refractivity contribution in [2.75, 3.05) is 0 Å². The number of rotatable bonds is 1. The summed E-state index contributed by atoms with van der Waals surface area (Å²) in [6.45, 7) is 0. The fourth-order valence-electron chi connectivity index (χ4n) is 2.39. The molecular formula is C12H18. The third-order valence-electron chi connectivity index (χ3n) is 3.13. The molecule has 0 heteroatoms. The highest BCUT2D eigenvalue weighted by Gasteiger charge is 2.18. The Morgan fingerprint density at radius 1 is 0.750 bits per heavy atom. The summed E-state index contributed by atoms with van der Waals surface area (Å²) in [5, 5.41) is 0. The van der Waals surface area contributed by atoms with Gasteiger partial charge in [-0.05, 0) is 50.4 Å². The normalized spacial score (nSPS) is 35.3. The van der Waals surface area contributed by atoms with E-state index in [4.69, 9.17) is 0 Å². The van der Waals surface area contributed by atoms with Crippen LogP contribution < -0.4 is 0 Å². The molecule has 0 fully saturated rings. The van der Waals surface area contributed by atoms with E-state index in [1.54, 1.807) is 0 Å². The van der Waals surface area contributed by atoms with E-state index in [2.05, 4.69) is 24.3 Å². The largest absolute Gasteiger partial charge is 0.0882 e. The van der Waals surface area contributed by atoms with Crippen LogP contribution in [-0.2, 0) is 0 Å². The highest BCUT2D eigenvalue weighted by Crippen LogP contribution is 2.31. The molecule has 0 radical (unpaired) electrons. The van der Waals surface area contributed by atoms with Crippen molar-refractivity contribution in [2.24, 2.45) is 11.8 Å². The maximum Gasteiger partial charge on any atom is -0.0170 e. The predicted molar refractivity (Wildman–Crippen MR) is 53.0 cm³/mol. The lowest BCUT2D eigenvalue weighted by Crippen LogP contribution is -2.14. The lowest BCUT2D eigenvalue weighted by Gasteiger charge is -2.26. The highest BCUT2D eigenvalue weighted by atomic mass is 14.2. The van der Waals surface area contributed by atoms with E-state index in [0.29, 0.717) is 0 Å². The molecule has 0 bridgehead atoms. The van der Waals surface area contributed by atoms with Crippen LogP contribution in [0.2, 0.25) is 0 Å². The summed E-state index contributed by atoms with van der Waals surface area (Å²) in [6, 6.07) is 0. The molecule has 0 saturated heterocycles. The van der Waals surface area contributed by atoms with Crippen molar-refractivity contribution >= 4 is 0 Å². The third-order valence-corrected chi connectivity index (χ3v) is 3.13. The van der Waals surface area contributed by atoms with E-state index in [9.17, 15) is 0 Å². The Morgan fingerprint density at radius 3 is 1.58 bits per heavy atom. The van der Waals surface area contributed by atoms with E-state index in [1.165, 1.54) is 38.5 Å². The molecule has 0 aromatic rings. The van der Waals surface area contributed by atoms with Crippen molar-refractivity contribution in [3.63, 3.8) is 0 Å². The molecule has 0 aromatic heterocycles. The second-order valence-corrected chi connectivity index (χ2v) is 4.05. The molecule has 0 aromatic carbocycles. The molecule has 0 spiro atoms. The molecule has 66 valence electrons. The Bertz CT molecular complexity index is 166.